The van der Waals surface area contributed by atoms with Crippen LogP contribution >= 0.6 is 0 Å². The van der Waals surface area contributed by atoms with E-state index in [9.17, 15) is 10.1 Å². The molecule has 0 saturated heterocycles. The lowest BCUT2D eigenvalue weighted by atomic mass is 9.97. The predicted octanol–water partition coefficient (Wildman–Crippen LogP) is 4.97. The number of rotatable bonds is 4. The molecule has 0 atom stereocenters. The quantitative estimate of drug-likeness (QED) is 0.405. The highest BCUT2D eigenvalue weighted by atomic mass is 16.6. The van der Waals surface area contributed by atoms with Crippen LogP contribution in [0.15, 0.2) is 84.9 Å². The molecular weight excluding hydrogens is 352 g/mol. The molecule has 0 radical (unpaired) electrons. The smallest absolute Gasteiger partial charge is 0.270 e. The minimum Gasteiger partial charge on any atom is -0.368 e. The summed E-state index contributed by atoms with van der Waals surface area (Å²) in [6.07, 6.45) is 0. The average Bonchev–Trinajstić information content (AvgIpc) is 2.74. The molecular formula is C22H16N4O2. The van der Waals surface area contributed by atoms with Crippen LogP contribution in [-0.2, 0) is 0 Å². The number of nitro groups is 1. The summed E-state index contributed by atoms with van der Waals surface area (Å²) in [6.45, 7) is 0. The van der Waals surface area contributed by atoms with Crippen LogP contribution in [-0.4, -0.2) is 14.9 Å². The molecule has 6 nitrogen and oxygen atoms in total. The van der Waals surface area contributed by atoms with Gasteiger partial charge in [0.15, 0.2) is 0 Å². The summed E-state index contributed by atoms with van der Waals surface area (Å²) >= 11 is 0. The van der Waals surface area contributed by atoms with Gasteiger partial charge in [-0.3, -0.25) is 10.1 Å². The molecule has 0 aliphatic rings. The number of nitrogens with zero attached hydrogens (tertiary/aromatic N) is 3. The summed E-state index contributed by atoms with van der Waals surface area (Å²) in [4.78, 5) is 19.3. The standard InChI is InChI=1S/C22H16N4O2/c23-22-24-20(16-9-6-10-17(13-16)26(27)28)14-21(25-22)19-12-5-4-11-18(19)15-7-2-1-3-8-15/h1-14H,(H2,23,24,25). The van der Waals surface area contributed by atoms with Crippen LogP contribution in [0, 0.1) is 10.1 Å². The number of non-ortho nitro benzene ring substituents is 1. The van der Waals surface area contributed by atoms with Crippen LogP contribution in [0.3, 0.4) is 0 Å². The van der Waals surface area contributed by atoms with Gasteiger partial charge >= 0.3 is 0 Å². The number of anilines is 1. The molecule has 0 unspecified atom stereocenters. The molecule has 4 rings (SSSR count). The van der Waals surface area contributed by atoms with Crippen molar-refractivity contribution in [3.8, 4) is 33.6 Å². The van der Waals surface area contributed by atoms with Crippen LogP contribution in [0.2, 0.25) is 0 Å². The molecule has 4 aromatic rings. The van der Waals surface area contributed by atoms with Crippen molar-refractivity contribution in [2.75, 3.05) is 5.73 Å². The van der Waals surface area contributed by atoms with Crippen molar-refractivity contribution in [3.63, 3.8) is 0 Å². The second-order valence-electron chi connectivity index (χ2n) is 6.22. The Kier molecular flexibility index (Phi) is 4.51. The first kappa shape index (κ1) is 17.4. The van der Waals surface area contributed by atoms with E-state index in [1.807, 2.05) is 54.6 Å². The van der Waals surface area contributed by atoms with Crippen LogP contribution in [0.25, 0.3) is 33.6 Å². The zero-order valence-electron chi connectivity index (χ0n) is 14.8. The third kappa shape index (κ3) is 3.43. The van der Waals surface area contributed by atoms with Crippen molar-refractivity contribution in [2.45, 2.75) is 0 Å². The predicted molar refractivity (Wildman–Crippen MR) is 109 cm³/mol. The Morgan fingerprint density at radius 2 is 1.36 bits per heavy atom. The third-order valence-electron chi connectivity index (χ3n) is 4.38. The van der Waals surface area contributed by atoms with Gasteiger partial charge in [-0.25, -0.2) is 9.97 Å². The summed E-state index contributed by atoms with van der Waals surface area (Å²) in [7, 11) is 0. The van der Waals surface area contributed by atoms with Crippen molar-refractivity contribution in [1.82, 2.24) is 9.97 Å². The lowest BCUT2D eigenvalue weighted by molar-refractivity contribution is -0.384. The van der Waals surface area contributed by atoms with E-state index in [1.54, 1.807) is 18.2 Å². The SMILES string of the molecule is Nc1nc(-c2cccc([N+](=O)[O-])c2)cc(-c2ccccc2-c2ccccc2)n1. The molecule has 1 heterocycles. The molecule has 6 heteroatoms. The Bertz CT molecular complexity index is 1160. The largest absolute Gasteiger partial charge is 0.368 e. The topological polar surface area (TPSA) is 94.9 Å². The highest BCUT2D eigenvalue weighted by Gasteiger charge is 2.13. The van der Waals surface area contributed by atoms with E-state index in [1.165, 1.54) is 12.1 Å². The van der Waals surface area contributed by atoms with Gasteiger partial charge in [-0.15, -0.1) is 0 Å². The first-order valence-electron chi connectivity index (χ1n) is 8.66. The fourth-order valence-electron chi connectivity index (χ4n) is 3.11. The normalized spacial score (nSPS) is 10.6. The second-order valence-corrected chi connectivity index (χ2v) is 6.22. The summed E-state index contributed by atoms with van der Waals surface area (Å²) in [5.74, 6) is 0.113. The number of benzene rings is 3. The molecule has 0 bridgehead atoms. The fourth-order valence-corrected chi connectivity index (χ4v) is 3.11. The van der Waals surface area contributed by atoms with Crippen molar-refractivity contribution < 1.29 is 4.92 Å². The number of hydrogen-bond donors (Lipinski definition) is 1. The summed E-state index contributed by atoms with van der Waals surface area (Å²) in [5.41, 5.74) is 10.8. The van der Waals surface area contributed by atoms with Crippen molar-refractivity contribution in [2.24, 2.45) is 0 Å². The third-order valence-corrected chi connectivity index (χ3v) is 4.38. The zero-order chi connectivity index (χ0) is 19.5. The second kappa shape index (κ2) is 7.28. The Hall–Kier alpha value is -4.06. The molecule has 0 aliphatic carbocycles. The Morgan fingerprint density at radius 1 is 0.714 bits per heavy atom. The summed E-state index contributed by atoms with van der Waals surface area (Å²) < 4.78 is 0. The molecule has 3 aromatic carbocycles. The van der Waals surface area contributed by atoms with E-state index in [-0.39, 0.29) is 11.6 Å². The maximum atomic E-state index is 11.1. The fraction of sp³-hybridized carbons (Fsp3) is 0. The summed E-state index contributed by atoms with van der Waals surface area (Å²) in [5, 5.41) is 11.1. The highest BCUT2D eigenvalue weighted by molar-refractivity contribution is 5.83. The van der Waals surface area contributed by atoms with Gasteiger partial charge in [0.25, 0.3) is 5.69 Å². The van der Waals surface area contributed by atoms with Gasteiger partial charge in [0.2, 0.25) is 5.95 Å². The molecule has 0 aliphatic heterocycles. The van der Waals surface area contributed by atoms with Crippen LogP contribution in [0.5, 0.6) is 0 Å². The van der Waals surface area contributed by atoms with E-state index < -0.39 is 4.92 Å². The molecule has 1 aromatic heterocycles. The van der Waals surface area contributed by atoms with E-state index in [0.717, 1.165) is 16.7 Å². The van der Waals surface area contributed by atoms with Crippen LogP contribution < -0.4 is 5.73 Å². The van der Waals surface area contributed by atoms with Gasteiger partial charge < -0.3 is 5.73 Å². The average molecular weight is 368 g/mol. The van der Waals surface area contributed by atoms with Crippen molar-refractivity contribution in [1.29, 1.82) is 0 Å². The van der Waals surface area contributed by atoms with Gasteiger partial charge in [-0.2, -0.15) is 0 Å². The van der Waals surface area contributed by atoms with Gasteiger partial charge in [0, 0.05) is 23.3 Å². The Balaban J connectivity index is 1.86. The van der Waals surface area contributed by atoms with Crippen molar-refractivity contribution in [3.05, 3.63) is 95.0 Å². The Morgan fingerprint density at radius 3 is 2.11 bits per heavy atom. The number of hydrogen-bond acceptors (Lipinski definition) is 5. The molecule has 2 N–H and O–H groups in total. The van der Waals surface area contributed by atoms with E-state index >= 15 is 0 Å². The number of nitro benzene ring substituents is 1. The first-order chi connectivity index (χ1) is 13.6. The zero-order valence-corrected chi connectivity index (χ0v) is 14.8. The maximum Gasteiger partial charge on any atom is 0.270 e. The highest BCUT2D eigenvalue weighted by Crippen LogP contribution is 2.33. The molecule has 0 amide bonds. The van der Waals surface area contributed by atoms with Gasteiger partial charge in [0.1, 0.15) is 0 Å². The van der Waals surface area contributed by atoms with Gasteiger partial charge in [-0.1, -0.05) is 66.7 Å². The van der Waals surface area contributed by atoms with Crippen LogP contribution in [0.4, 0.5) is 11.6 Å². The van der Waals surface area contributed by atoms with E-state index in [4.69, 9.17) is 5.73 Å². The molecule has 0 spiro atoms. The van der Waals surface area contributed by atoms with Gasteiger partial charge in [0.05, 0.1) is 16.3 Å². The van der Waals surface area contributed by atoms with Gasteiger partial charge in [-0.05, 0) is 17.2 Å². The van der Waals surface area contributed by atoms with Crippen molar-refractivity contribution >= 4 is 11.6 Å². The first-order valence-corrected chi connectivity index (χ1v) is 8.66. The minimum absolute atomic E-state index is 0.000851. The van der Waals surface area contributed by atoms with Crippen LogP contribution in [0.1, 0.15) is 0 Å². The van der Waals surface area contributed by atoms with E-state index in [2.05, 4.69) is 9.97 Å². The minimum atomic E-state index is -0.431. The number of nitrogens with two attached hydrogens (primary N) is 1. The lowest BCUT2D eigenvalue weighted by Gasteiger charge is -2.11. The Labute approximate surface area is 161 Å². The molecule has 28 heavy (non-hydrogen) atoms. The molecule has 136 valence electrons. The molecule has 0 fully saturated rings. The summed E-state index contributed by atoms with van der Waals surface area (Å²) in [6, 6.07) is 26.0. The number of aromatic nitrogens is 2. The monoisotopic (exact) mass is 368 g/mol. The lowest BCUT2D eigenvalue weighted by Crippen LogP contribution is -1.99. The van der Waals surface area contributed by atoms with E-state index in [0.29, 0.717) is 17.0 Å². The maximum absolute atomic E-state index is 11.1. The molecule has 0 saturated carbocycles. The number of nitrogen functional groups attached to an aromatic ring is 1.